The molecule has 2 aromatic carbocycles. The lowest BCUT2D eigenvalue weighted by atomic mass is 9.98. The molecule has 0 radical (unpaired) electrons. The average molecular weight is 763 g/mol. The molecular formula is C38H53F3N6O7. The van der Waals surface area contributed by atoms with E-state index in [1.54, 1.807) is 0 Å². The second kappa shape index (κ2) is 22.1. The van der Waals surface area contributed by atoms with Gasteiger partial charge in [0.2, 0.25) is 17.7 Å². The molecule has 16 heteroatoms. The number of hydrogen-bond donors (Lipinski definition) is 7. The number of rotatable bonds is 18. The number of fused-ring (bicyclic) bond motifs is 1. The molecule has 4 rings (SSSR count). The fourth-order valence-electron chi connectivity index (χ4n) is 6.24. The average Bonchev–Trinajstić information content (AvgIpc) is 3.56. The van der Waals surface area contributed by atoms with Crippen molar-refractivity contribution in [1.82, 2.24) is 26.6 Å². The standard InChI is InChI=1S/C36H52N6O5.C2HF3O2/c1-24(2)18-30(35(45)41-29(14-8-9-15-37)34(44)32-22-38-16-17-47-32)42-36(46)31(19-25-10-4-3-5-11-25)40-33(43)23-39-28-20-26-12-6-7-13-27(26)21-28;3-2(4,5)1(6)7/h3-7,10-13,24,28-32,38-39H,8-9,14-23,37H2,1-2H3,(H,40,43)(H,41,45)(H,42,46);(H,6,7). The number of amides is 3. The molecule has 3 amide bonds. The van der Waals surface area contributed by atoms with E-state index >= 15 is 0 Å². The second-order valence-electron chi connectivity index (χ2n) is 13.9. The van der Waals surface area contributed by atoms with E-state index in [1.165, 1.54) is 11.1 Å². The molecule has 0 aromatic heterocycles. The van der Waals surface area contributed by atoms with Crippen LogP contribution >= 0.6 is 0 Å². The molecular weight excluding hydrogens is 709 g/mol. The van der Waals surface area contributed by atoms with Crippen molar-refractivity contribution in [1.29, 1.82) is 0 Å². The molecule has 8 N–H and O–H groups in total. The summed E-state index contributed by atoms with van der Waals surface area (Å²) in [5.74, 6) is -4.06. The van der Waals surface area contributed by atoms with Crippen LogP contribution < -0.4 is 32.3 Å². The summed E-state index contributed by atoms with van der Waals surface area (Å²) >= 11 is 0. The number of nitrogens with two attached hydrogens (primary N) is 1. The Balaban J connectivity index is 0.00000102. The van der Waals surface area contributed by atoms with E-state index < -0.39 is 48.2 Å². The van der Waals surface area contributed by atoms with Gasteiger partial charge in [0.15, 0.2) is 5.78 Å². The number of carbonyl (C=O) groups excluding carboxylic acids is 4. The van der Waals surface area contributed by atoms with E-state index in [0.29, 0.717) is 45.5 Å². The summed E-state index contributed by atoms with van der Waals surface area (Å²) < 4.78 is 37.4. The normalized spacial score (nSPS) is 17.3. The number of halogens is 3. The molecule has 13 nitrogen and oxygen atoms in total. The van der Waals surface area contributed by atoms with Gasteiger partial charge in [-0.2, -0.15) is 13.2 Å². The highest BCUT2D eigenvalue weighted by Crippen LogP contribution is 2.21. The lowest BCUT2D eigenvalue weighted by molar-refractivity contribution is -0.192. The number of aliphatic carboxylic acids is 1. The van der Waals surface area contributed by atoms with Crippen LogP contribution in [0.4, 0.5) is 13.2 Å². The fourth-order valence-corrected chi connectivity index (χ4v) is 6.24. The number of morpholine rings is 1. The van der Waals surface area contributed by atoms with Gasteiger partial charge in [-0.25, -0.2) is 4.79 Å². The zero-order valence-corrected chi connectivity index (χ0v) is 30.8. The highest BCUT2D eigenvalue weighted by Gasteiger charge is 2.38. The molecule has 1 aliphatic carbocycles. The molecule has 1 aliphatic heterocycles. The summed E-state index contributed by atoms with van der Waals surface area (Å²) in [5.41, 5.74) is 9.14. The van der Waals surface area contributed by atoms with Crippen LogP contribution in [0.25, 0.3) is 0 Å². The highest BCUT2D eigenvalue weighted by atomic mass is 19.4. The first-order valence-electron chi connectivity index (χ1n) is 18.3. The van der Waals surface area contributed by atoms with Crippen molar-refractivity contribution in [3.05, 3.63) is 71.3 Å². The summed E-state index contributed by atoms with van der Waals surface area (Å²) in [6.07, 6.45) is -1.60. The first-order valence-corrected chi connectivity index (χ1v) is 18.3. The molecule has 0 bridgehead atoms. The number of carboxylic acids is 1. The van der Waals surface area contributed by atoms with E-state index in [0.717, 1.165) is 24.8 Å². The van der Waals surface area contributed by atoms with Crippen molar-refractivity contribution >= 4 is 29.5 Å². The Morgan fingerprint density at radius 2 is 1.48 bits per heavy atom. The van der Waals surface area contributed by atoms with Crippen LogP contribution in [0.3, 0.4) is 0 Å². The molecule has 54 heavy (non-hydrogen) atoms. The van der Waals surface area contributed by atoms with Crippen LogP contribution in [0.2, 0.25) is 0 Å². The third-order valence-corrected chi connectivity index (χ3v) is 8.97. The molecule has 298 valence electrons. The van der Waals surface area contributed by atoms with Gasteiger partial charge in [-0.05, 0) is 67.7 Å². The number of nitrogens with one attached hydrogen (secondary N) is 5. The van der Waals surface area contributed by atoms with Crippen LogP contribution in [-0.2, 0) is 48.0 Å². The summed E-state index contributed by atoms with van der Waals surface area (Å²) in [7, 11) is 0. The first-order chi connectivity index (χ1) is 25.7. The van der Waals surface area contributed by atoms with Crippen molar-refractivity contribution < 1.29 is 47.0 Å². The second-order valence-corrected chi connectivity index (χ2v) is 13.9. The Bertz CT molecular complexity index is 1500. The third kappa shape index (κ3) is 15.2. The first kappa shape index (κ1) is 44.0. The SMILES string of the molecule is CC(C)CC(NC(=O)C(Cc1ccccc1)NC(=O)CNC1Cc2ccccc2C1)C(=O)NC(CCCCN)C(=O)C1CNCCO1.O=C(O)C(F)(F)F. The maximum atomic E-state index is 13.8. The molecule has 4 unspecified atom stereocenters. The lowest BCUT2D eigenvalue weighted by Crippen LogP contribution is -2.58. The van der Waals surface area contributed by atoms with Gasteiger partial charge in [-0.15, -0.1) is 0 Å². The van der Waals surface area contributed by atoms with Gasteiger partial charge >= 0.3 is 12.1 Å². The number of carbonyl (C=O) groups is 5. The molecule has 4 atom stereocenters. The monoisotopic (exact) mass is 762 g/mol. The fraction of sp³-hybridized carbons (Fsp3) is 0.553. The Morgan fingerprint density at radius 3 is 2.04 bits per heavy atom. The van der Waals surface area contributed by atoms with Gasteiger partial charge in [0.1, 0.15) is 18.2 Å². The molecule has 0 spiro atoms. The van der Waals surface area contributed by atoms with E-state index in [9.17, 15) is 32.3 Å². The van der Waals surface area contributed by atoms with Gasteiger partial charge in [-0.1, -0.05) is 68.4 Å². The predicted molar refractivity (Wildman–Crippen MR) is 195 cm³/mol. The minimum atomic E-state index is -5.08. The molecule has 1 fully saturated rings. The molecule has 0 saturated carbocycles. The number of hydrogen-bond acceptors (Lipinski definition) is 9. The van der Waals surface area contributed by atoms with Crippen molar-refractivity contribution in [3.8, 4) is 0 Å². The predicted octanol–water partition coefficient (Wildman–Crippen LogP) is 1.81. The van der Waals surface area contributed by atoms with Crippen molar-refractivity contribution in [2.24, 2.45) is 11.7 Å². The molecule has 2 aromatic rings. The third-order valence-electron chi connectivity index (χ3n) is 8.97. The Kier molecular flexibility index (Phi) is 18.0. The van der Waals surface area contributed by atoms with Crippen LogP contribution in [0.15, 0.2) is 54.6 Å². The maximum Gasteiger partial charge on any atom is 0.490 e. The van der Waals surface area contributed by atoms with Crippen LogP contribution in [0.1, 0.15) is 56.2 Å². The topological polar surface area (TPSA) is 201 Å². The minimum Gasteiger partial charge on any atom is -0.475 e. The molecule has 1 heterocycles. The number of unbranched alkanes of at least 4 members (excludes halogenated alkanes) is 1. The van der Waals surface area contributed by atoms with Crippen molar-refractivity contribution in [2.75, 3.05) is 32.8 Å². The Morgan fingerprint density at radius 1 is 0.889 bits per heavy atom. The summed E-state index contributed by atoms with van der Waals surface area (Å²) in [6, 6.07) is 15.3. The zero-order chi connectivity index (χ0) is 39.7. The minimum absolute atomic E-state index is 0.0673. The van der Waals surface area contributed by atoms with Gasteiger partial charge < -0.3 is 42.2 Å². The van der Waals surface area contributed by atoms with Crippen LogP contribution in [-0.4, -0.2) is 104 Å². The number of Topliss-reactive ketones (excluding diaryl/α,β-unsaturated/α-hetero) is 1. The van der Waals surface area contributed by atoms with E-state index in [-0.39, 0.29) is 36.6 Å². The van der Waals surface area contributed by atoms with Crippen molar-refractivity contribution in [3.63, 3.8) is 0 Å². The zero-order valence-electron chi connectivity index (χ0n) is 30.8. The van der Waals surface area contributed by atoms with Gasteiger partial charge in [-0.3, -0.25) is 19.2 Å². The van der Waals surface area contributed by atoms with Gasteiger partial charge in [0, 0.05) is 25.6 Å². The summed E-state index contributed by atoms with van der Waals surface area (Å²) in [6.45, 7) is 5.96. The Labute approximate surface area is 313 Å². The van der Waals surface area contributed by atoms with E-state index in [4.69, 9.17) is 20.4 Å². The number of alkyl halides is 3. The maximum absolute atomic E-state index is 13.8. The number of benzene rings is 2. The quantitative estimate of drug-likeness (QED) is 0.110. The summed E-state index contributed by atoms with van der Waals surface area (Å²) in [4.78, 5) is 63.0. The van der Waals surface area contributed by atoms with E-state index in [1.807, 2.05) is 56.3 Å². The van der Waals surface area contributed by atoms with Gasteiger partial charge in [0.05, 0.1) is 19.2 Å². The molecule has 1 saturated heterocycles. The van der Waals surface area contributed by atoms with Gasteiger partial charge in [0.25, 0.3) is 0 Å². The number of ether oxygens (including phenoxy) is 1. The number of ketones is 1. The highest BCUT2D eigenvalue weighted by molar-refractivity contribution is 5.96. The largest absolute Gasteiger partial charge is 0.490 e. The lowest BCUT2D eigenvalue weighted by Gasteiger charge is -2.29. The van der Waals surface area contributed by atoms with Crippen molar-refractivity contribution in [2.45, 2.75) is 95.2 Å². The Hall–Kier alpha value is -4.38. The van der Waals surface area contributed by atoms with Crippen LogP contribution in [0.5, 0.6) is 0 Å². The number of carboxylic acid groups (broad SMARTS) is 1. The van der Waals surface area contributed by atoms with E-state index in [2.05, 4.69) is 38.7 Å². The smallest absolute Gasteiger partial charge is 0.475 e. The van der Waals surface area contributed by atoms with Crippen LogP contribution in [0, 0.1) is 5.92 Å². The summed E-state index contributed by atoms with van der Waals surface area (Å²) in [5, 5.41) is 22.4. The molecule has 2 aliphatic rings.